The van der Waals surface area contributed by atoms with Crippen molar-refractivity contribution in [2.45, 2.75) is 30.2 Å². The number of hydrogen-bond acceptors (Lipinski definition) is 6. The number of carbonyl (C=O) groups is 1. The Bertz CT molecular complexity index is 683. The third-order valence-corrected chi connectivity index (χ3v) is 5.50. The highest BCUT2D eigenvalue weighted by Crippen LogP contribution is 2.20. The van der Waals surface area contributed by atoms with Crippen molar-refractivity contribution in [2.75, 3.05) is 33.4 Å². The van der Waals surface area contributed by atoms with Crippen molar-refractivity contribution >= 4 is 28.4 Å². The van der Waals surface area contributed by atoms with E-state index in [2.05, 4.69) is 10.0 Å². The molecule has 1 aliphatic heterocycles. The molecule has 1 fully saturated rings. The second-order valence-electron chi connectivity index (χ2n) is 5.96. The highest BCUT2D eigenvalue weighted by Gasteiger charge is 2.35. The SMILES string of the molecule is CCOC(=O)c1cc(S(=O)(=O)NCC2(COC)CCCN2)cn1C.Cl. The average molecular weight is 396 g/mol. The lowest BCUT2D eigenvalue weighted by Gasteiger charge is -2.28. The maximum absolute atomic E-state index is 12.5. The van der Waals surface area contributed by atoms with Gasteiger partial charge in [0.25, 0.3) is 0 Å². The molecule has 1 saturated heterocycles. The van der Waals surface area contributed by atoms with E-state index < -0.39 is 16.0 Å². The first-order valence-electron chi connectivity index (χ1n) is 7.91. The topological polar surface area (TPSA) is 98.7 Å². The Hall–Kier alpha value is -1.13. The third kappa shape index (κ3) is 5.18. The largest absolute Gasteiger partial charge is 0.461 e. The number of rotatable bonds is 8. The summed E-state index contributed by atoms with van der Waals surface area (Å²) in [5, 5.41) is 3.32. The van der Waals surface area contributed by atoms with Crippen LogP contribution in [0.2, 0.25) is 0 Å². The summed E-state index contributed by atoms with van der Waals surface area (Å²) in [5.74, 6) is -0.547. The zero-order chi connectivity index (χ0) is 17.8. The number of ether oxygens (including phenoxy) is 2. The van der Waals surface area contributed by atoms with Gasteiger partial charge in [-0.25, -0.2) is 17.9 Å². The molecule has 0 spiro atoms. The molecule has 1 unspecified atom stereocenters. The molecule has 0 bridgehead atoms. The van der Waals surface area contributed by atoms with Gasteiger partial charge in [-0.15, -0.1) is 12.4 Å². The van der Waals surface area contributed by atoms with Gasteiger partial charge in [-0.1, -0.05) is 0 Å². The zero-order valence-electron chi connectivity index (χ0n) is 14.7. The molecular weight excluding hydrogens is 370 g/mol. The van der Waals surface area contributed by atoms with E-state index in [1.807, 2.05) is 0 Å². The summed E-state index contributed by atoms with van der Waals surface area (Å²) in [6.45, 7) is 3.42. The minimum absolute atomic E-state index is 0. The Morgan fingerprint density at radius 3 is 2.76 bits per heavy atom. The van der Waals surface area contributed by atoms with Crippen LogP contribution in [0.15, 0.2) is 17.2 Å². The molecule has 2 heterocycles. The molecule has 2 N–H and O–H groups in total. The summed E-state index contributed by atoms with van der Waals surface area (Å²) in [4.78, 5) is 11.9. The number of sulfonamides is 1. The van der Waals surface area contributed by atoms with Gasteiger partial charge in [-0.3, -0.25) is 0 Å². The van der Waals surface area contributed by atoms with Gasteiger partial charge in [0.2, 0.25) is 10.0 Å². The molecule has 1 aliphatic rings. The maximum Gasteiger partial charge on any atom is 0.354 e. The molecule has 25 heavy (non-hydrogen) atoms. The van der Waals surface area contributed by atoms with Gasteiger partial charge in [0, 0.05) is 26.9 Å². The van der Waals surface area contributed by atoms with Gasteiger partial charge in [-0.2, -0.15) is 0 Å². The molecule has 0 radical (unpaired) electrons. The molecule has 0 aliphatic carbocycles. The van der Waals surface area contributed by atoms with Crippen molar-refractivity contribution in [1.82, 2.24) is 14.6 Å². The highest BCUT2D eigenvalue weighted by atomic mass is 35.5. The molecule has 0 saturated carbocycles. The first-order chi connectivity index (χ1) is 11.3. The van der Waals surface area contributed by atoms with Crippen LogP contribution in [-0.4, -0.2) is 57.9 Å². The van der Waals surface area contributed by atoms with Crippen LogP contribution < -0.4 is 10.0 Å². The number of carbonyl (C=O) groups excluding carboxylic acids is 1. The first kappa shape index (κ1) is 21.9. The summed E-state index contributed by atoms with van der Waals surface area (Å²) in [6, 6.07) is 1.32. The van der Waals surface area contributed by atoms with Crippen molar-refractivity contribution < 1.29 is 22.7 Å². The van der Waals surface area contributed by atoms with Crippen molar-refractivity contribution in [3.63, 3.8) is 0 Å². The second-order valence-corrected chi connectivity index (χ2v) is 7.73. The van der Waals surface area contributed by atoms with Crippen LogP contribution in [0.3, 0.4) is 0 Å². The lowest BCUT2D eigenvalue weighted by atomic mass is 9.99. The van der Waals surface area contributed by atoms with Gasteiger partial charge >= 0.3 is 5.97 Å². The van der Waals surface area contributed by atoms with Crippen LogP contribution in [0.5, 0.6) is 0 Å². The number of halogens is 1. The van der Waals surface area contributed by atoms with Crippen molar-refractivity contribution in [1.29, 1.82) is 0 Å². The van der Waals surface area contributed by atoms with Crippen LogP contribution in [0, 0.1) is 0 Å². The third-order valence-electron chi connectivity index (χ3n) is 4.13. The Kier molecular flexibility index (Phi) is 7.88. The summed E-state index contributed by atoms with van der Waals surface area (Å²) in [5.41, 5.74) is -0.191. The number of aryl methyl sites for hydroxylation is 1. The van der Waals surface area contributed by atoms with E-state index in [0.29, 0.717) is 6.61 Å². The smallest absolute Gasteiger partial charge is 0.354 e. The van der Waals surface area contributed by atoms with Gasteiger partial charge < -0.3 is 19.4 Å². The fourth-order valence-corrected chi connectivity index (χ4v) is 4.07. The fraction of sp³-hybridized carbons (Fsp3) is 0.667. The lowest BCUT2D eigenvalue weighted by molar-refractivity contribution is 0.0515. The number of esters is 1. The van der Waals surface area contributed by atoms with Gasteiger partial charge in [0.05, 0.1) is 18.8 Å². The molecule has 2 rings (SSSR count). The lowest BCUT2D eigenvalue weighted by Crippen LogP contribution is -2.52. The molecule has 144 valence electrons. The number of nitrogens with zero attached hydrogens (tertiary/aromatic N) is 1. The summed E-state index contributed by atoms with van der Waals surface area (Å²) in [7, 11) is -0.525. The number of methoxy groups -OCH3 is 1. The van der Waals surface area contributed by atoms with Crippen LogP contribution in [-0.2, 0) is 26.5 Å². The van der Waals surface area contributed by atoms with Crippen molar-refractivity contribution in [2.24, 2.45) is 7.05 Å². The zero-order valence-corrected chi connectivity index (χ0v) is 16.3. The standard InChI is InChI=1S/C15H25N3O5S.ClH/c1-4-23-14(19)13-8-12(9-18(13)2)24(20,21)17-10-15(11-22-3)6-5-7-16-15;/h8-9,16-17H,4-7,10-11H2,1-3H3;1H. The van der Waals surface area contributed by atoms with Gasteiger partial charge in [-0.05, 0) is 32.4 Å². The quantitative estimate of drug-likeness (QED) is 0.628. The molecule has 1 aromatic heterocycles. The Morgan fingerprint density at radius 2 is 2.20 bits per heavy atom. The Balaban J connectivity index is 0.00000312. The normalized spacial score (nSPS) is 20.3. The second kappa shape index (κ2) is 9.00. The van der Waals surface area contributed by atoms with Crippen LogP contribution >= 0.6 is 12.4 Å². The van der Waals surface area contributed by atoms with E-state index in [-0.39, 0.29) is 41.7 Å². The average Bonchev–Trinajstić information content (AvgIpc) is 3.14. The predicted molar refractivity (Wildman–Crippen MR) is 95.6 cm³/mol. The molecular formula is C15H26ClN3O5S. The molecule has 0 aromatic carbocycles. The Morgan fingerprint density at radius 1 is 1.48 bits per heavy atom. The van der Waals surface area contributed by atoms with Gasteiger partial charge in [0.15, 0.2) is 0 Å². The van der Waals surface area contributed by atoms with E-state index >= 15 is 0 Å². The summed E-state index contributed by atoms with van der Waals surface area (Å²) in [6.07, 6.45) is 3.22. The monoisotopic (exact) mass is 395 g/mol. The minimum Gasteiger partial charge on any atom is -0.461 e. The number of hydrogen-bond donors (Lipinski definition) is 2. The van der Waals surface area contributed by atoms with E-state index in [9.17, 15) is 13.2 Å². The van der Waals surface area contributed by atoms with Crippen molar-refractivity contribution in [3.05, 3.63) is 18.0 Å². The molecule has 8 nitrogen and oxygen atoms in total. The first-order valence-corrected chi connectivity index (χ1v) is 9.39. The predicted octanol–water partition coefficient (Wildman–Crippen LogP) is 0.670. The summed E-state index contributed by atoms with van der Waals surface area (Å²) >= 11 is 0. The minimum atomic E-state index is -3.73. The molecule has 1 atom stereocenters. The van der Waals surface area contributed by atoms with Crippen LogP contribution in [0.4, 0.5) is 0 Å². The maximum atomic E-state index is 12.5. The molecule has 1 aromatic rings. The van der Waals surface area contributed by atoms with Crippen molar-refractivity contribution in [3.8, 4) is 0 Å². The summed E-state index contributed by atoms with van der Waals surface area (Å²) < 4.78 is 39.3. The molecule has 0 amide bonds. The fourth-order valence-electron chi connectivity index (χ4n) is 2.88. The van der Waals surface area contributed by atoms with E-state index in [1.54, 1.807) is 21.1 Å². The Labute approximate surface area is 154 Å². The number of nitrogens with one attached hydrogen (secondary N) is 2. The van der Waals surface area contributed by atoms with E-state index in [0.717, 1.165) is 19.4 Å². The van der Waals surface area contributed by atoms with Crippen LogP contribution in [0.25, 0.3) is 0 Å². The van der Waals surface area contributed by atoms with Gasteiger partial charge in [0.1, 0.15) is 10.6 Å². The van der Waals surface area contributed by atoms with E-state index in [1.165, 1.54) is 16.8 Å². The van der Waals surface area contributed by atoms with E-state index in [4.69, 9.17) is 9.47 Å². The number of aromatic nitrogens is 1. The molecule has 10 heteroatoms. The highest BCUT2D eigenvalue weighted by molar-refractivity contribution is 7.89. The van der Waals surface area contributed by atoms with Crippen LogP contribution in [0.1, 0.15) is 30.3 Å².